The van der Waals surface area contributed by atoms with Crippen molar-refractivity contribution in [1.82, 2.24) is 14.8 Å². The lowest BCUT2D eigenvalue weighted by Crippen LogP contribution is -2.25. The zero-order chi connectivity index (χ0) is 10.3. The van der Waals surface area contributed by atoms with Crippen LogP contribution in [-0.2, 0) is 0 Å². The number of thioether (sulfide) groups is 1. The summed E-state index contributed by atoms with van der Waals surface area (Å²) in [5, 5.41) is 17.6. The summed E-state index contributed by atoms with van der Waals surface area (Å²) in [6.07, 6.45) is 1.89. The molecule has 0 spiro atoms. The Labute approximate surface area is 93.7 Å². The maximum atomic E-state index is 9.75. The standard InChI is InChI=1S/C7H9BrN4OS/c1-3-4(8)5(13)12-6(9-3)10-7(11-12)14-2/h3,13H,1-2H3,(H,9,10,11). The Hall–Kier alpha value is -0.690. The number of nitrogens with one attached hydrogen (secondary N) is 1. The van der Waals surface area contributed by atoms with Crippen molar-refractivity contribution in [2.45, 2.75) is 18.1 Å². The molecule has 1 unspecified atom stereocenters. The minimum absolute atomic E-state index is 0.0152. The Bertz CT molecular complexity index is 402. The van der Waals surface area contributed by atoms with Crippen LogP contribution in [0.1, 0.15) is 6.92 Å². The molecule has 0 bridgehead atoms. The first kappa shape index (κ1) is 9.85. The van der Waals surface area contributed by atoms with Gasteiger partial charge in [-0.25, -0.2) is 0 Å². The minimum atomic E-state index is 0.0152. The van der Waals surface area contributed by atoms with Crippen LogP contribution in [0.25, 0.3) is 5.88 Å². The van der Waals surface area contributed by atoms with Crippen molar-refractivity contribution in [3.8, 4) is 0 Å². The molecule has 7 heteroatoms. The first-order valence-corrected chi connectivity index (χ1v) is 6.02. The van der Waals surface area contributed by atoms with Crippen molar-refractivity contribution in [3.63, 3.8) is 0 Å². The average molecular weight is 277 g/mol. The van der Waals surface area contributed by atoms with Gasteiger partial charge < -0.3 is 10.4 Å². The van der Waals surface area contributed by atoms with E-state index in [0.29, 0.717) is 15.6 Å². The van der Waals surface area contributed by atoms with Crippen LogP contribution in [0.4, 0.5) is 5.95 Å². The van der Waals surface area contributed by atoms with E-state index in [0.717, 1.165) is 0 Å². The van der Waals surface area contributed by atoms with Crippen molar-refractivity contribution >= 4 is 39.5 Å². The molecule has 2 N–H and O–H groups in total. The van der Waals surface area contributed by atoms with E-state index in [1.54, 1.807) is 0 Å². The van der Waals surface area contributed by atoms with E-state index in [1.165, 1.54) is 16.4 Å². The predicted molar refractivity (Wildman–Crippen MR) is 59.7 cm³/mol. The molecule has 0 fully saturated rings. The van der Waals surface area contributed by atoms with Crippen LogP contribution in [0.3, 0.4) is 0 Å². The summed E-state index contributed by atoms with van der Waals surface area (Å²) in [4.78, 5) is 4.19. The average Bonchev–Trinajstić information content (AvgIpc) is 2.57. The van der Waals surface area contributed by atoms with E-state index >= 15 is 0 Å². The van der Waals surface area contributed by atoms with Crippen LogP contribution in [0, 0.1) is 0 Å². The fourth-order valence-corrected chi connectivity index (χ4v) is 1.80. The molecule has 2 rings (SSSR count). The summed E-state index contributed by atoms with van der Waals surface area (Å²) in [5.74, 6) is 0.668. The van der Waals surface area contributed by atoms with Gasteiger partial charge in [0.15, 0.2) is 0 Å². The topological polar surface area (TPSA) is 63.0 Å². The van der Waals surface area contributed by atoms with Crippen LogP contribution in [-0.4, -0.2) is 32.2 Å². The molecule has 1 aliphatic rings. The van der Waals surface area contributed by atoms with Gasteiger partial charge in [-0.3, -0.25) is 0 Å². The molecule has 5 nitrogen and oxygen atoms in total. The fourth-order valence-electron chi connectivity index (χ4n) is 1.17. The van der Waals surface area contributed by atoms with Gasteiger partial charge in [-0.15, -0.1) is 5.10 Å². The molecule has 0 saturated carbocycles. The van der Waals surface area contributed by atoms with Crippen molar-refractivity contribution < 1.29 is 5.11 Å². The molecule has 0 radical (unpaired) electrons. The molecule has 2 heterocycles. The van der Waals surface area contributed by atoms with Gasteiger partial charge in [0.05, 0.1) is 10.5 Å². The third kappa shape index (κ3) is 1.40. The number of aliphatic hydroxyl groups excluding tert-OH is 1. The van der Waals surface area contributed by atoms with Gasteiger partial charge in [0, 0.05) is 0 Å². The minimum Gasteiger partial charge on any atom is -0.493 e. The second-order valence-electron chi connectivity index (χ2n) is 2.87. The molecular formula is C7H9BrN4OS. The highest BCUT2D eigenvalue weighted by Crippen LogP contribution is 2.28. The van der Waals surface area contributed by atoms with Gasteiger partial charge in [0.1, 0.15) is 0 Å². The normalized spacial score (nSPS) is 20.6. The lowest BCUT2D eigenvalue weighted by molar-refractivity contribution is 0.448. The summed E-state index contributed by atoms with van der Waals surface area (Å²) >= 11 is 4.73. The van der Waals surface area contributed by atoms with Gasteiger partial charge in [0.25, 0.3) is 0 Å². The highest BCUT2D eigenvalue weighted by Gasteiger charge is 2.24. The largest absolute Gasteiger partial charge is 0.493 e. The van der Waals surface area contributed by atoms with E-state index in [2.05, 4.69) is 31.3 Å². The highest BCUT2D eigenvalue weighted by molar-refractivity contribution is 9.11. The number of hydrogen-bond acceptors (Lipinski definition) is 5. The number of fused-ring (bicyclic) bond motifs is 1. The number of halogens is 1. The van der Waals surface area contributed by atoms with E-state index in [1.807, 2.05) is 13.2 Å². The number of anilines is 1. The molecule has 1 aromatic rings. The van der Waals surface area contributed by atoms with Crippen LogP contribution in [0.2, 0.25) is 0 Å². The van der Waals surface area contributed by atoms with Crippen LogP contribution in [0.15, 0.2) is 9.64 Å². The van der Waals surface area contributed by atoms with Gasteiger partial charge in [-0.2, -0.15) is 9.67 Å². The highest BCUT2D eigenvalue weighted by atomic mass is 79.9. The second kappa shape index (κ2) is 3.47. The summed E-state index contributed by atoms with van der Waals surface area (Å²) in [6, 6.07) is 0.0152. The van der Waals surface area contributed by atoms with Crippen molar-refractivity contribution in [2.75, 3.05) is 11.6 Å². The first-order chi connectivity index (χ1) is 6.63. The summed E-state index contributed by atoms with van der Waals surface area (Å²) in [5.41, 5.74) is 0. The zero-order valence-corrected chi connectivity index (χ0v) is 10.1. The predicted octanol–water partition coefficient (Wildman–Crippen LogP) is 1.89. The SMILES string of the molecule is CSc1nc2n(n1)C(O)=C(Br)C(C)N2. The third-order valence-corrected chi connectivity index (χ3v) is 3.49. The number of aliphatic hydroxyl groups is 1. The molecule has 1 atom stereocenters. The molecule has 1 aromatic heterocycles. The molecule has 0 amide bonds. The van der Waals surface area contributed by atoms with Crippen molar-refractivity contribution in [3.05, 3.63) is 4.48 Å². The summed E-state index contributed by atoms with van der Waals surface area (Å²) in [6.45, 7) is 1.93. The fraction of sp³-hybridized carbons (Fsp3) is 0.429. The molecular weight excluding hydrogens is 268 g/mol. The Morgan fingerprint density at radius 2 is 2.36 bits per heavy atom. The number of aromatic nitrogens is 3. The number of hydrogen-bond donors (Lipinski definition) is 2. The van der Waals surface area contributed by atoms with Crippen LogP contribution >= 0.6 is 27.7 Å². The Kier molecular flexibility index (Phi) is 2.44. The molecule has 76 valence electrons. The molecule has 0 aliphatic carbocycles. The van der Waals surface area contributed by atoms with Crippen molar-refractivity contribution in [2.24, 2.45) is 0 Å². The van der Waals surface area contributed by atoms with Gasteiger partial charge in [-0.1, -0.05) is 11.8 Å². The Balaban J connectivity index is 2.51. The van der Waals surface area contributed by atoms with E-state index in [4.69, 9.17) is 0 Å². The number of rotatable bonds is 1. The second-order valence-corrected chi connectivity index (χ2v) is 4.50. The third-order valence-electron chi connectivity index (χ3n) is 1.91. The zero-order valence-electron chi connectivity index (χ0n) is 7.65. The quantitative estimate of drug-likeness (QED) is 0.767. The van der Waals surface area contributed by atoms with E-state index < -0.39 is 0 Å². The summed E-state index contributed by atoms with van der Waals surface area (Å²) < 4.78 is 2.07. The lowest BCUT2D eigenvalue weighted by Gasteiger charge is -2.20. The van der Waals surface area contributed by atoms with Gasteiger partial charge in [-0.05, 0) is 29.1 Å². The Morgan fingerprint density at radius 1 is 1.64 bits per heavy atom. The molecule has 1 aliphatic heterocycles. The van der Waals surface area contributed by atoms with Crippen LogP contribution in [0.5, 0.6) is 0 Å². The molecule has 14 heavy (non-hydrogen) atoms. The van der Waals surface area contributed by atoms with Gasteiger partial charge in [0.2, 0.25) is 17.0 Å². The smallest absolute Gasteiger partial charge is 0.230 e. The van der Waals surface area contributed by atoms with E-state index in [9.17, 15) is 5.11 Å². The summed E-state index contributed by atoms with van der Waals surface area (Å²) in [7, 11) is 0. The maximum absolute atomic E-state index is 9.75. The van der Waals surface area contributed by atoms with E-state index in [-0.39, 0.29) is 11.9 Å². The Morgan fingerprint density at radius 3 is 3.00 bits per heavy atom. The molecule has 0 saturated heterocycles. The maximum Gasteiger partial charge on any atom is 0.230 e. The van der Waals surface area contributed by atoms with Crippen molar-refractivity contribution in [1.29, 1.82) is 0 Å². The monoisotopic (exact) mass is 276 g/mol. The number of nitrogens with zero attached hydrogens (tertiary/aromatic N) is 3. The molecule has 0 aromatic carbocycles. The van der Waals surface area contributed by atoms with Gasteiger partial charge >= 0.3 is 0 Å². The van der Waals surface area contributed by atoms with Crippen LogP contribution < -0.4 is 5.32 Å². The lowest BCUT2D eigenvalue weighted by atomic mass is 10.3. The first-order valence-electron chi connectivity index (χ1n) is 4.00.